The average Bonchev–Trinajstić information content (AvgIpc) is 2.37. The molecule has 1 aromatic carbocycles. The number of hydrogen-bond donors (Lipinski definition) is 1. The molecular formula is C14H20FNO3. The van der Waals surface area contributed by atoms with Crippen molar-refractivity contribution in [3.05, 3.63) is 29.6 Å². The van der Waals surface area contributed by atoms with E-state index in [1.54, 1.807) is 11.0 Å². The fraction of sp³-hybridized carbons (Fsp3) is 0.500. The molecule has 1 atom stereocenters. The maximum atomic E-state index is 13.6. The molecule has 0 aliphatic carbocycles. The third-order valence-corrected chi connectivity index (χ3v) is 2.90. The second kappa shape index (κ2) is 7.09. The number of amides is 1. The van der Waals surface area contributed by atoms with E-state index in [-0.39, 0.29) is 23.8 Å². The summed E-state index contributed by atoms with van der Waals surface area (Å²) in [5.41, 5.74) is 0.211. The van der Waals surface area contributed by atoms with Gasteiger partial charge in [-0.2, -0.15) is 0 Å². The normalized spacial score (nSPS) is 12.1. The monoisotopic (exact) mass is 269 g/mol. The van der Waals surface area contributed by atoms with Crippen molar-refractivity contribution in [1.29, 1.82) is 0 Å². The van der Waals surface area contributed by atoms with Crippen molar-refractivity contribution < 1.29 is 19.0 Å². The highest BCUT2D eigenvalue weighted by molar-refractivity contribution is 5.77. The molecule has 0 bridgehead atoms. The van der Waals surface area contributed by atoms with Crippen LogP contribution in [0.3, 0.4) is 0 Å². The summed E-state index contributed by atoms with van der Waals surface area (Å²) in [7, 11) is 0. The van der Waals surface area contributed by atoms with Gasteiger partial charge < -0.3 is 14.7 Å². The first-order chi connectivity index (χ1) is 8.99. The van der Waals surface area contributed by atoms with Crippen LogP contribution in [0, 0.1) is 5.82 Å². The maximum Gasteiger partial charge on any atom is 0.260 e. The van der Waals surface area contributed by atoms with Crippen LogP contribution in [-0.2, 0) is 4.79 Å². The van der Waals surface area contributed by atoms with Crippen molar-refractivity contribution in [2.75, 3.05) is 19.7 Å². The van der Waals surface area contributed by atoms with Crippen molar-refractivity contribution in [1.82, 2.24) is 4.90 Å². The van der Waals surface area contributed by atoms with Crippen LogP contribution in [0.2, 0.25) is 0 Å². The zero-order valence-corrected chi connectivity index (χ0v) is 11.5. The summed E-state index contributed by atoms with van der Waals surface area (Å²) >= 11 is 0. The average molecular weight is 269 g/mol. The molecule has 0 aliphatic rings. The van der Waals surface area contributed by atoms with Gasteiger partial charge in [-0.15, -0.1) is 0 Å². The Kier molecular flexibility index (Phi) is 5.76. The van der Waals surface area contributed by atoms with Gasteiger partial charge >= 0.3 is 0 Å². The number of hydrogen-bond acceptors (Lipinski definition) is 3. The lowest BCUT2D eigenvalue weighted by Crippen LogP contribution is -2.34. The zero-order chi connectivity index (χ0) is 14.4. The number of carbonyl (C=O) groups is 1. The van der Waals surface area contributed by atoms with Gasteiger partial charge in [0, 0.05) is 24.7 Å². The Morgan fingerprint density at radius 1 is 1.42 bits per heavy atom. The molecule has 0 saturated heterocycles. The number of nitrogens with zero attached hydrogens (tertiary/aromatic N) is 1. The Hall–Kier alpha value is -1.62. The Morgan fingerprint density at radius 2 is 2.05 bits per heavy atom. The second-order valence-corrected chi connectivity index (χ2v) is 4.21. The Labute approximate surface area is 112 Å². The maximum absolute atomic E-state index is 13.6. The van der Waals surface area contributed by atoms with E-state index in [2.05, 4.69) is 0 Å². The first-order valence-corrected chi connectivity index (χ1v) is 6.37. The number of benzene rings is 1. The lowest BCUT2D eigenvalue weighted by atomic mass is 10.1. The first kappa shape index (κ1) is 15.4. The highest BCUT2D eigenvalue weighted by Gasteiger charge is 2.12. The smallest absolute Gasteiger partial charge is 0.260 e. The second-order valence-electron chi connectivity index (χ2n) is 4.21. The van der Waals surface area contributed by atoms with E-state index in [1.807, 2.05) is 13.8 Å². The first-order valence-electron chi connectivity index (χ1n) is 6.37. The topological polar surface area (TPSA) is 49.8 Å². The number of likely N-dealkylation sites (N-methyl/N-ethyl adjacent to an activating group) is 1. The highest BCUT2D eigenvalue weighted by Crippen LogP contribution is 2.21. The van der Waals surface area contributed by atoms with Crippen molar-refractivity contribution in [3.63, 3.8) is 0 Å². The van der Waals surface area contributed by atoms with E-state index in [0.717, 1.165) is 0 Å². The van der Waals surface area contributed by atoms with E-state index in [0.29, 0.717) is 13.1 Å². The Bertz CT molecular complexity index is 431. The molecule has 0 aromatic heterocycles. The van der Waals surface area contributed by atoms with Crippen LogP contribution in [0.25, 0.3) is 0 Å². The molecule has 0 saturated carbocycles. The van der Waals surface area contributed by atoms with E-state index < -0.39 is 11.9 Å². The molecule has 0 radical (unpaired) electrons. The predicted octanol–water partition coefficient (Wildman–Crippen LogP) is 2.13. The van der Waals surface area contributed by atoms with Crippen LogP contribution in [0.4, 0.5) is 4.39 Å². The molecule has 106 valence electrons. The van der Waals surface area contributed by atoms with E-state index in [1.165, 1.54) is 19.1 Å². The van der Waals surface area contributed by atoms with E-state index >= 15 is 0 Å². The highest BCUT2D eigenvalue weighted by atomic mass is 19.1. The van der Waals surface area contributed by atoms with Crippen molar-refractivity contribution in [2.24, 2.45) is 0 Å². The third-order valence-electron chi connectivity index (χ3n) is 2.90. The van der Waals surface area contributed by atoms with Crippen molar-refractivity contribution >= 4 is 5.91 Å². The summed E-state index contributed by atoms with van der Waals surface area (Å²) in [6.45, 7) is 6.39. The fourth-order valence-corrected chi connectivity index (χ4v) is 1.75. The molecule has 1 aromatic rings. The van der Waals surface area contributed by atoms with Gasteiger partial charge in [0.2, 0.25) is 0 Å². The lowest BCUT2D eigenvalue weighted by molar-refractivity contribution is -0.132. The number of aliphatic hydroxyl groups is 1. The quantitative estimate of drug-likeness (QED) is 0.860. The fourth-order valence-electron chi connectivity index (χ4n) is 1.75. The molecule has 1 rings (SSSR count). The number of aliphatic hydroxyl groups excluding tert-OH is 1. The van der Waals surface area contributed by atoms with Gasteiger partial charge in [0.15, 0.2) is 6.61 Å². The standard InChI is InChI=1S/C14H20FNO3/c1-4-16(5-2)14(18)9-19-11-6-7-12(10(3)17)13(15)8-11/h6-8,10,17H,4-5,9H2,1-3H3/t10-/m1/s1. The minimum atomic E-state index is -0.869. The van der Waals surface area contributed by atoms with E-state index in [9.17, 15) is 14.3 Å². The summed E-state index contributed by atoms with van der Waals surface area (Å²) < 4.78 is 18.8. The number of rotatable bonds is 6. The molecular weight excluding hydrogens is 249 g/mol. The minimum Gasteiger partial charge on any atom is -0.484 e. The van der Waals surface area contributed by atoms with Crippen LogP contribution in [-0.4, -0.2) is 35.6 Å². The Balaban J connectivity index is 2.64. The van der Waals surface area contributed by atoms with Crippen LogP contribution < -0.4 is 4.74 Å². The van der Waals surface area contributed by atoms with Gasteiger partial charge in [0.1, 0.15) is 11.6 Å². The molecule has 1 N–H and O–H groups in total. The summed E-state index contributed by atoms with van der Waals surface area (Å²) in [4.78, 5) is 13.3. The van der Waals surface area contributed by atoms with Gasteiger partial charge in [-0.25, -0.2) is 4.39 Å². The van der Waals surface area contributed by atoms with Crippen LogP contribution in [0.5, 0.6) is 5.75 Å². The van der Waals surface area contributed by atoms with Crippen LogP contribution >= 0.6 is 0 Å². The summed E-state index contributed by atoms with van der Waals surface area (Å²) in [6, 6.07) is 4.18. The molecule has 0 fully saturated rings. The molecule has 4 nitrogen and oxygen atoms in total. The van der Waals surface area contributed by atoms with Crippen LogP contribution in [0.1, 0.15) is 32.4 Å². The lowest BCUT2D eigenvalue weighted by Gasteiger charge is -2.18. The SMILES string of the molecule is CCN(CC)C(=O)COc1ccc([C@@H](C)O)c(F)c1. The molecule has 1 amide bonds. The number of ether oxygens (including phenoxy) is 1. The summed E-state index contributed by atoms with van der Waals surface area (Å²) in [5, 5.41) is 9.31. The summed E-state index contributed by atoms with van der Waals surface area (Å²) in [6.07, 6.45) is -0.869. The molecule has 0 unspecified atom stereocenters. The van der Waals surface area contributed by atoms with E-state index in [4.69, 9.17) is 4.74 Å². The number of halogens is 1. The molecule has 0 spiro atoms. The van der Waals surface area contributed by atoms with Gasteiger partial charge in [0.05, 0.1) is 6.10 Å². The molecule has 0 aliphatic heterocycles. The minimum absolute atomic E-state index is 0.116. The van der Waals surface area contributed by atoms with Crippen molar-refractivity contribution in [2.45, 2.75) is 26.9 Å². The number of carbonyl (C=O) groups excluding carboxylic acids is 1. The van der Waals surface area contributed by atoms with Gasteiger partial charge in [-0.3, -0.25) is 4.79 Å². The predicted molar refractivity (Wildman–Crippen MR) is 70.5 cm³/mol. The van der Waals surface area contributed by atoms with Crippen molar-refractivity contribution in [3.8, 4) is 5.75 Å². The zero-order valence-electron chi connectivity index (χ0n) is 11.5. The third kappa shape index (κ3) is 4.21. The van der Waals surface area contributed by atoms with Gasteiger partial charge in [0.25, 0.3) is 5.91 Å². The Morgan fingerprint density at radius 3 is 2.53 bits per heavy atom. The van der Waals surface area contributed by atoms with Crippen LogP contribution in [0.15, 0.2) is 18.2 Å². The summed E-state index contributed by atoms with van der Waals surface area (Å²) in [5.74, 6) is -0.393. The largest absolute Gasteiger partial charge is 0.484 e. The van der Waals surface area contributed by atoms with Gasteiger partial charge in [-0.05, 0) is 32.9 Å². The molecule has 5 heteroatoms. The van der Waals surface area contributed by atoms with Gasteiger partial charge in [-0.1, -0.05) is 0 Å². The molecule has 0 heterocycles. The molecule has 19 heavy (non-hydrogen) atoms.